The predicted octanol–water partition coefficient (Wildman–Crippen LogP) is 2.54. The smallest absolute Gasteiger partial charge is 0.258 e. The zero-order valence-corrected chi connectivity index (χ0v) is 11.7. The van der Waals surface area contributed by atoms with E-state index in [1.807, 2.05) is 30.3 Å². The van der Waals surface area contributed by atoms with Crippen LogP contribution in [-0.4, -0.2) is 25.7 Å². The fraction of sp³-hybridized carbons (Fsp3) is 0.188. The van der Waals surface area contributed by atoms with Crippen LogP contribution in [0.3, 0.4) is 0 Å². The van der Waals surface area contributed by atoms with E-state index in [4.69, 9.17) is 9.47 Å². The summed E-state index contributed by atoms with van der Waals surface area (Å²) in [6.45, 7) is 0.353. The molecule has 0 aliphatic heterocycles. The maximum atomic E-state index is 12.9. The number of carbonyl (C=O) groups is 1. The van der Waals surface area contributed by atoms with E-state index in [1.165, 1.54) is 6.07 Å². The van der Waals surface area contributed by atoms with Crippen LogP contribution >= 0.6 is 0 Å². The minimum absolute atomic E-state index is 0.0922. The molecule has 2 aromatic rings. The van der Waals surface area contributed by atoms with Crippen LogP contribution in [0, 0.1) is 11.6 Å². The Morgan fingerprint density at radius 1 is 0.955 bits per heavy atom. The number of nitrogens with one attached hydrogen (secondary N) is 1. The maximum absolute atomic E-state index is 12.9. The molecule has 2 aromatic carbocycles. The Balaban J connectivity index is 1.64. The minimum atomic E-state index is -1.02. The summed E-state index contributed by atoms with van der Waals surface area (Å²) in [6, 6.07) is 12.3. The van der Waals surface area contributed by atoms with Crippen molar-refractivity contribution in [2.45, 2.75) is 0 Å². The summed E-state index contributed by atoms with van der Waals surface area (Å²) in [6.07, 6.45) is 0. The maximum Gasteiger partial charge on any atom is 0.258 e. The molecule has 0 atom stereocenters. The molecule has 0 saturated carbocycles. The average Bonchev–Trinajstić information content (AvgIpc) is 2.54. The minimum Gasteiger partial charge on any atom is -0.492 e. The molecular formula is C16H15F2NO3. The van der Waals surface area contributed by atoms with Crippen molar-refractivity contribution in [3.05, 3.63) is 60.2 Å². The van der Waals surface area contributed by atoms with E-state index in [0.29, 0.717) is 13.2 Å². The van der Waals surface area contributed by atoms with Crippen LogP contribution in [0.1, 0.15) is 0 Å². The Bertz CT molecular complexity index is 620. The van der Waals surface area contributed by atoms with Crippen molar-refractivity contribution in [1.82, 2.24) is 5.32 Å². The molecule has 0 unspecified atom stereocenters. The second-order valence-electron chi connectivity index (χ2n) is 4.38. The first kappa shape index (κ1) is 15.8. The van der Waals surface area contributed by atoms with E-state index < -0.39 is 11.6 Å². The van der Waals surface area contributed by atoms with Gasteiger partial charge in [0, 0.05) is 6.07 Å². The molecule has 2 rings (SSSR count). The highest BCUT2D eigenvalue weighted by molar-refractivity contribution is 5.77. The highest BCUT2D eigenvalue weighted by atomic mass is 19.2. The second kappa shape index (κ2) is 7.97. The molecule has 0 aromatic heterocycles. The molecule has 116 valence electrons. The molecule has 0 aliphatic rings. The molecule has 0 radical (unpaired) electrons. The molecule has 0 fully saturated rings. The average molecular weight is 307 g/mol. The third-order valence-corrected chi connectivity index (χ3v) is 2.70. The van der Waals surface area contributed by atoms with Gasteiger partial charge < -0.3 is 14.8 Å². The summed E-state index contributed by atoms with van der Waals surface area (Å²) in [7, 11) is 0. The lowest BCUT2D eigenvalue weighted by Gasteiger charge is -2.09. The lowest BCUT2D eigenvalue weighted by atomic mass is 10.3. The van der Waals surface area contributed by atoms with Crippen molar-refractivity contribution in [1.29, 1.82) is 0 Å². The Kier molecular flexibility index (Phi) is 5.71. The summed E-state index contributed by atoms with van der Waals surface area (Å²) in [4.78, 5) is 11.5. The van der Waals surface area contributed by atoms with Crippen molar-refractivity contribution < 1.29 is 23.0 Å². The van der Waals surface area contributed by atoms with Gasteiger partial charge in [0.1, 0.15) is 18.1 Å². The van der Waals surface area contributed by atoms with E-state index in [0.717, 1.165) is 17.9 Å². The van der Waals surface area contributed by atoms with Gasteiger partial charge in [0.15, 0.2) is 18.2 Å². The van der Waals surface area contributed by atoms with Gasteiger partial charge in [0.05, 0.1) is 6.54 Å². The van der Waals surface area contributed by atoms with Gasteiger partial charge in [-0.05, 0) is 24.3 Å². The van der Waals surface area contributed by atoms with Gasteiger partial charge in [0.2, 0.25) is 0 Å². The first-order valence-corrected chi connectivity index (χ1v) is 6.67. The van der Waals surface area contributed by atoms with Crippen LogP contribution in [-0.2, 0) is 4.79 Å². The third-order valence-electron chi connectivity index (χ3n) is 2.70. The highest BCUT2D eigenvalue weighted by Crippen LogP contribution is 2.15. The molecular weight excluding hydrogens is 292 g/mol. The van der Waals surface area contributed by atoms with Crippen molar-refractivity contribution in [3.63, 3.8) is 0 Å². The summed E-state index contributed by atoms with van der Waals surface area (Å²) < 4.78 is 36.1. The number of hydrogen-bond donors (Lipinski definition) is 1. The van der Waals surface area contributed by atoms with E-state index in [9.17, 15) is 13.6 Å². The SMILES string of the molecule is O=C(COc1ccc(F)c(F)c1)NCCOc1ccccc1. The number of amides is 1. The molecule has 0 bridgehead atoms. The van der Waals surface area contributed by atoms with Gasteiger partial charge in [-0.1, -0.05) is 18.2 Å². The van der Waals surface area contributed by atoms with E-state index in [1.54, 1.807) is 0 Å². The fourth-order valence-electron chi connectivity index (χ4n) is 1.64. The zero-order chi connectivity index (χ0) is 15.8. The number of para-hydroxylation sites is 1. The van der Waals surface area contributed by atoms with Crippen LogP contribution in [0.25, 0.3) is 0 Å². The first-order valence-electron chi connectivity index (χ1n) is 6.67. The van der Waals surface area contributed by atoms with Crippen molar-refractivity contribution in [2.24, 2.45) is 0 Å². The first-order chi connectivity index (χ1) is 10.6. The van der Waals surface area contributed by atoms with Crippen LogP contribution in [0.4, 0.5) is 8.78 Å². The van der Waals surface area contributed by atoms with Crippen molar-refractivity contribution in [3.8, 4) is 11.5 Å². The van der Waals surface area contributed by atoms with Gasteiger partial charge in [-0.25, -0.2) is 8.78 Å². The zero-order valence-electron chi connectivity index (χ0n) is 11.7. The molecule has 0 aliphatic carbocycles. The van der Waals surface area contributed by atoms with Crippen molar-refractivity contribution >= 4 is 5.91 Å². The Hall–Kier alpha value is -2.63. The summed E-state index contributed by atoms with van der Waals surface area (Å²) in [5, 5.41) is 2.59. The molecule has 6 heteroatoms. The van der Waals surface area contributed by atoms with Gasteiger partial charge >= 0.3 is 0 Å². The fourth-order valence-corrected chi connectivity index (χ4v) is 1.64. The molecule has 1 amide bonds. The van der Waals surface area contributed by atoms with Crippen LogP contribution < -0.4 is 14.8 Å². The summed E-state index contributed by atoms with van der Waals surface area (Å²) in [5.74, 6) is -1.55. The molecule has 4 nitrogen and oxygen atoms in total. The predicted molar refractivity (Wildman–Crippen MR) is 76.8 cm³/mol. The Labute approximate surface area is 126 Å². The largest absolute Gasteiger partial charge is 0.492 e. The Morgan fingerprint density at radius 2 is 1.73 bits per heavy atom. The molecule has 1 N–H and O–H groups in total. The van der Waals surface area contributed by atoms with E-state index in [2.05, 4.69) is 5.32 Å². The molecule has 0 saturated heterocycles. The van der Waals surface area contributed by atoms with Crippen LogP contribution in [0.5, 0.6) is 11.5 Å². The number of ether oxygens (including phenoxy) is 2. The highest BCUT2D eigenvalue weighted by Gasteiger charge is 2.06. The van der Waals surface area contributed by atoms with Crippen molar-refractivity contribution in [2.75, 3.05) is 19.8 Å². The lowest BCUT2D eigenvalue weighted by molar-refractivity contribution is -0.123. The standard InChI is InChI=1S/C16H15F2NO3/c17-14-7-6-13(10-15(14)18)22-11-16(20)19-8-9-21-12-4-2-1-3-5-12/h1-7,10H,8-9,11H2,(H,19,20). The number of rotatable bonds is 7. The molecule has 0 heterocycles. The number of carbonyl (C=O) groups excluding carboxylic acids is 1. The van der Waals surface area contributed by atoms with Gasteiger partial charge in [-0.3, -0.25) is 4.79 Å². The number of benzene rings is 2. The number of hydrogen-bond acceptors (Lipinski definition) is 3. The summed E-state index contributed by atoms with van der Waals surface area (Å²) in [5.41, 5.74) is 0. The van der Waals surface area contributed by atoms with Gasteiger partial charge in [-0.15, -0.1) is 0 Å². The third kappa shape index (κ3) is 5.05. The van der Waals surface area contributed by atoms with Gasteiger partial charge in [0.25, 0.3) is 5.91 Å². The van der Waals surface area contributed by atoms with E-state index in [-0.39, 0.29) is 18.3 Å². The molecule has 22 heavy (non-hydrogen) atoms. The number of halogens is 2. The second-order valence-corrected chi connectivity index (χ2v) is 4.38. The monoisotopic (exact) mass is 307 g/mol. The normalized spacial score (nSPS) is 10.1. The van der Waals surface area contributed by atoms with Crippen LogP contribution in [0.2, 0.25) is 0 Å². The lowest BCUT2D eigenvalue weighted by Crippen LogP contribution is -2.32. The quantitative estimate of drug-likeness (QED) is 0.800. The Morgan fingerprint density at radius 3 is 2.45 bits per heavy atom. The topological polar surface area (TPSA) is 47.6 Å². The van der Waals surface area contributed by atoms with E-state index >= 15 is 0 Å². The van der Waals surface area contributed by atoms with Crippen LogP contribution in [0.15, 0.2) is 48.5 Å². The molecule has 0 spiro atoms. The van der Waals surface area contributed by atoms with Gasteiger partial charge in [-0.2, -0.15) is 0 Å². The summed E-state index contributed by atoms with van der Waals surface area (Å²) >= 11 is 0.